The Hall–Kier alpha value is -2.18. The summed E-state index contributed by atoms with van der Waals surface area (Å²) >= 11 is 6.07. The lowest BCUT2D eigenvalue weighted by Crippen LogP contribution is -2.13. The van der Waals surface area contributed by atoms with Crippen molar-refractivity contribution in [1.29, 1.82) is 0 Å². The average molecular weight is 320 g/mol. The topological polar surface area (TPSA) is 72.0 Å². The van der Waals surface area contributed by atoms with Gasteiger partial charge < -0.3 is 0 Å². The van der Waals surface area contributed by atoms with Crippen LogP contribution in [0.2, 0.25) is 5.02 Å². The molecule has 3 aromatic rings. The van der Waals surface area contributed by atoms with Crippen molar-refractivity contribution in [3.05, 3.63) is 59.9 Å². The van der Waals surface area contributed by atoms with Crippen LogP contribution in [-0.4, -0.2) is 18.4 Å². The second-order valence-electron chi connectivity index (χ2n) is 4.29. The molecule has 1 N–H and O–H groups in total. The Balaban J connectivity index is 2.05. The monoisotopic (exact) mass is 319 g/mol. The number of hydrogen-bond donors (Lipinski definition) is 1. The van der Waals surface area contributed by atoms with Crippen molar-refractivity contribution in [1.82, 2.24) is 9.97 Å². The van der Waals surface area contributed by atoms with E-state index in [9.17, 15) is 8.42 Å². The van der Waals surface area contributed by atoms with E-state index < -0.39 is 10.0 Å². The Labute approximate surface area is 126 Å². The SMILES string of the molecule is O=S(=O)(Nc1ccccn1)c1ccc2nccc(Cl)c2c1. The van der Waals surface area contributed by atoms with E-state index in [4.69, 9.17) is 11.6 Å². The number of benzene rings is 1. The maximum atomic E-state index is 12.3. The fraction of sp³-hybridized carbons (Fsp3) is 0. The molecule has 21 heavy (non-hydrogen) atoms. The molecular weight excluding hydrogens is 310 g/mol. The van der Waals surface area contributed by atoms with Crippen molar-refractivity contribution >= 4 is 38.3 Å². The van der Waals surface area contributed by atoms with E-state index in [0.29, 0.717) is 15.9 Å². The summed E-state index contributed by atoms with van der Waals surface area (Å²) in [5.41, 5.74) is 0.638. The normalized spacial score (nSPS) is 11.5. The average Bonchev–Trinajstić information content (AvgIpc) is 2.48. The Morgan fingerprint density at radius 1 is 1.00 bits per heavy atom. The summed E-state index contributed by atoms with van der Waals surface area (Å²) in [5, 5.41) is 1.04. The van der Waals surface area contributed by atoms with E-state index in [1.165, 1.54) is 18.3 Å². The van der Waals surface area contributed by atoms with Crippen molar-refractivity contribution in [2.75, 3.05) is 4.72 Å². The number of halogens is 1. The molecule has 7 heteroatoms. The minimum Gasteiger partial charge on any atom is -0.263 e. The third-order valence-corrected chi connectivity index (χ3v) is 4.56. The molecular formula is C14H10ClN3O2S. The van der Waals surface area contributed by atoms with Crippen molar-refractivity contribution in [2.24, 2.45) is 0 Å². The number of anilines is 1. The van der Waals surface area contributed by atoms with Crippen LogP contribution in [-0.2, 0) is 10.0 Å². The van der Waals surface area contributed by atoms with Crippen LogP contribution in [0.4, 0.5) is 5.82 Å². The molecule has 0 aliphatic rings. The number of aromatic nitrogens is 2. The number of nitrogens with zero attached hydrogens (tertiary/aromatic N) is 2. The van der Waals surface area contributed by atoms with Crippen LogP contribution in [0.3, 0.4) is 0 Å². The van der Waals surface area contributed by atoms with Gasteiger partial charge in [-0.2, -0.15) is 0 Å². The largest absolute Gasteiger partial charge is 0.263 e. The van der Waals surface area contributed by atoms with Gasteiger partial charge in [0.05, 0.1) is 15.4 Å². The predicted octanol–water partition coefficient (Wildman–Crippen LogP) is 3.08. The first-order valence-corrected chi connectivity index (χ1v) is 7.90. The molecule has 106 valence electrons. The first-order chi connectivity index (χ1) is 10.1. The second kappa shape index (κ2) is 5.31. The molecule has 3 rings (SSSR count). The smallest absolute Gasteiger partial charge is 0.263 e. The molecule has 2 aromatic heterocycles. The molecule has 0 aliphatic carbocycles. The Morgan fingerprint density at radius 3 is 2.62 bits per heavy atom. The van der Waals surface area contributed by atoms with E-state index >= 15 is 0 Å². The number of fused-ring (bicyclic) bond motifs is 1. The summed E-state index contributed by atoms with van der Waals surface area (Å²) in [7, 11) is -3.72. The third kappa shape index (κ3) is 2.81. The van der Waals surface area contributed by atoms with Gasteiger partial charge in [-0.25, -0.2) is 13.4 Å². The zero-order valence-corrected chi connectivity index (χ0v) is 12.3. The molecule has 0 saturated heterocycles. The van der Waals surface area contributed by atoms with Gasteiger partial charge in [-0.1, -0.05) is 17.7 Å². The predicted molar refractivity (Wildman–Crippen MR) is 81.8 cm³/mol. The number of hydrogen-bond acceptors (Lipinski definition) is 4. The number of sulfonamides is 1. The van der Waals surface area contributed by atoms with Gasteiger partial charge in [0.1, 0.15) is 5.82 Å². The van der Waals surface area contributed by atoms with Gasteiger partial charge in [-0.3, -0.25) is 9.71 Å². The zero-order chi connectivity index (χ0) is 14.9. The quantitative estimate of drug-likeness (QED) is 0.805. The van der Waals surface area contributed by atoms with Crippen LogP contribution in [0.1, 0.15) is 0 Å². The van der Waals surface area contributed by atoms with Gasteiger partial charge in [0.15, 0.2) is 0 Å². The summed E-state index contributed by atoms with van der Waals surface area (Å²) in [6.45, 7) is 0. The number of nitrogens with one attached hydrogen (secondary N) is 1. The van der Waals surface area contributed by atoms with E-state index in [1.807, 2.05) is 0 Å². The first kappa shape index (κ1) is 13.8. The molecule has 0 radical (unpaired) electrons. The Morgan fingerprint density at radius 2 is 1.86 bits per heavy atom. The highest BCUT2D eigenvalue weighted by molar-refractivity contribution is 7.92. The maximum absolute atomic E-state index is 12.3. The molecule has 1 aromatic carbocycles. The Kier molecular flexibility index (Phi) is 3.48. The number of pyridine rings is 2. The van der Waals surface area contributed by atoms with Crippen LogP contribution in [0, 0.1) is 0 Å². The van der Waals surface area contributed by atoms with Gasteiger partial charge >= 0.3 is 0 Å². The molecule has 0 unspecified atom stereocenters. The Bertz CT molecular complexity index is 898. The van der Waals surface area contributed by atoms with Crippen molar-refractivity contribution < 1.29 is 8.42 Å². The van der Waals surface area contributed by atoms with Crippen LogP contribution in [0.5, 0.6) is 0 Å². The summed E-state index contributed by atoms with van der Waals surface area (Å²) in [6.07, 6.45) is 3.09. The van der Waals surface area contributed by atoms with Gasteiger partial charge in [-0.15, -0.1) is 0 Å². The van der Waals surface area contributed by atoms with Crippen LogP contribution in [0.25, 0.3) is 10.9 Å². The number of rotatable bonds is 3. The van der Waals surface area contributed by atoms with E-state index in [-0.39, 0.29) is 10.7 Å². The fourth-order valence-electron chi connectivity index (χ4n) is 1.88. The molecule has 0 spiro atoms. The summed E-state index contributed by atoms with van der Waals surface area (Å²) in [6, 6.07) is 11.2. The summed E-state index contributed by atoms with van der Waals surface area (Å²) in [5.74, 6) is 0.259. The zero-order valence-electron chi connectivity index (χ0n) is 10.7. The van der Waals surface area contributed by atoms with Gasteiger partial charge in [0.25, 0.3) is 10.0 Å². The lowest BCUT2D eigenvalue weighted by Gasteiger charge is -2.08. The molecule has 0 amide bonds. The first-order valence-electron chi connectivity index (χ1n) is 6.04. The highest BCUT2D eigenvalue weighted by Crippen LogP contribution is 2.25. The van der Waals surface area contributed by atoms with Crippen molar-refractivity contribution in [3.8, 4) is 0 Å². The van der Waals surface area contributed by atoms with Crippen molar-refractivity contribution in [3.63, 3.8) is 0 Å². The molecule has 5 nitrogen and oxygen atoms in total. The minimum atomic E-state index is -3.72. The summed E-state index contributed by atoms with van der Waals surface area (Å²) < 4.78 is 27.1. The molecule has 0 saturated carbocycles. The van der Waals surface area contributed by atoms with Crippen LogP contribution < -0.4 is 4.72 Å². The third-order valence-electron chi connectivity index (χ3n) is 2.87. The lowest BCUT2D eigenvalue weighted by atomic mass is 10.2. The molecule has 0 atom stereocenters. The van der Waals surface area contributed by atoms with Gasteiger partial charge in [0, 0.05) is 17.8 Å². The van der Waals surface area contributed by atoms with E-state index in [0.717, 1.165) is 0 Å². The van der Waals surface area contributed by atoms with E-state index in [2.05, 4.69) is 14.7 Å². The highest BCUT2D eigenvalue weighted by atomic mass is 35.5. The molecule has 0 fully saturated rings. The second-order valence-corrected chi connectivity index (χ2v) is 6.38. The van der Waals surface area contributed by atoms with Gasteiger partial charge in [0.2, 0.25) is 0 Å². The van der Waals surface area contributed by atoms with Gasteiger partial charge in [-0.05, 0) is 36.4 Å². The minimum absolute atomic E-state index is 0.107. The maximum Gasteiger partial charge on any atom is 0.263 e. The molecule has 0 aliphatic heterocycles. The highest BCUT2D eigenvalue weighted by Gasteiger charge is 2.16. The van der Waals surface area contributed by atoms with Crippen LogP contribution in [0.15, 0.2) is 59.8 Å². The fourth-order valence-corrected chi connectivity index (χ4v) is 3.12. The van der Waals surface area contributed by atoms with Crippen molar-refractivity contribution in [2.45, 2.75) is 4.90 Å². The van der Waals surface area contributed by atoms with E-state index in [1.54, 1.807) is 36.5 Å². The molecule has 2 heterocycles. The molecule has 0 bridgehead atoms. The summed E-state index contributed by atoms with van der Waals surface area (Å²) in [4.78, 5) is 8.18. The lowest BCUT2D eigenvalue weighted by molar-refractivity contribution is 0.601. The standard InChI is InChI=1S/C14H10ClN3O2S/c15-12-6-8-16-13-5-4-10(9-11(12)13)21(19,20)18-14-3-1-2-7-17-14/h1-9H,(H,17,18). The van der Waals surface area contributed by atoms with Crippen LogP contribution >= 0.6 is 11.6 Å².